The number of nitrogens with one attached hydrogen (secondary N) is 3. The number of hydrogen-bond donors (Lipinski definition) is 5. The van der Waals surface area contributed by atoms with Crippen LogP contribution in [0.3, 0.4) is 0 Å². The molecule has 0 bridgehead atoms. The van der Waals surface area contributed by atoms with Gasteiger partial charge in [0.15, 0.2) is 0 Å². The zero-order valence-corrected chi connectivity index (χ0v) is 21.6. The minimum Gasteiger partial charge on any atom is -0.491 e. The molecule has 1 atom stereocenters. The van der Waals surface area contributed by atoms with E-state index in [0.29, 0.717) is 35.2 Å². The largest absolute Gasteiger partial charge is 0.491 e. The van der Waals surface area contributed by atoms with Gasteiger partial charge in [-0.25, -0.2) is 9.97 Å². The van der Waals surface area contributed by atoms with Gasteiger partial charge in [0.25, 0.3) is 0 Å². The van der Waals surface area contributed by atoms with Gasteiger partial charge in [-0.15, -0.1) is 0 Å². The van der Waals surface area contributed by atoms with Crippen LogP contribution in [-0.4, -0.2) is 53.7 Å². The monoisotopic (exact) mass is 492 g/mol. The second kappa shape index (κ2) is 12.3. The van der Waals surface area contributed by atoms with Crippen molar-refractivity contribution >= 4 is 17.7 Å². The van der Waals surface area contributed by atoms with E-state index in [1.54, 1.807) is 7.11 Å². The Labute approximate surface area is 212 Å². The van der Waals surface area contributed by atoms with Crippen LogP contribution in [-0.2, 0) is 6.54 Å². The summed E-state index contributed by atoms with van der Waals surface area (Å²) < 4.78 is 11.2. The number of anilines is 2. The highest BCUT2D eigenvalue weighted by Gasteiger charge is 2.16. The molecule has 9 heteroatoms. The first kappa shape index (κ1) is 26.9. The van der Waals surface area contributed by atoms with Gasteiger partial charge >= 0.3 is 0 Å². The Kier molecular flexibility index (Phi) is 9.21. The van der Waals surface area contributed by atoms with Crippen LogP contribution in [0.15, 0.2) is 36.4 Å². The SMILES string of the molecule is COc1nc(C)cc(C)c1CNc1cc(-c2cccc(OCC(O)CN)c2)nc(NC(C)C)c1C=N. The summed E-state index contributed by atoms with van der Waals surface area (Å²) >= 11 is 0. The van der Waals surface area contributed by atoms with Crippen molar-refractivity contribution in [3.63, 3.8) is 0 Å². The number of ether oxygens (including phenoxy) is 2. The molecule has 0 saturated carbocycles. The molecule has 0 spiro atoms. The quantitative estimate of drug-likeness (QED) is 0.240. The van der Waals surface area contributed by atoms with Gasteiger partial charge in [0.2, 0.25) is 5.88 Å². The summed E-state index contributed by atoms with van der Waals surface area (Å²) in [5, 5.41) is 24.7. The van der Waals surface area contributed by atoms with Crippen molar-refractivity contribution in [2.24, 2.45) is 5.73 Å². The van der Waals surface area contributed by atoms with Crippen LogP contribution in [0, 0.1) is 19.3 Å². The first-order chi connectivity index (χ1) is 17.2. The Morgan fingerprint density at radius 3 is 2.61 bits per heavy atom. The molecular formula is C27H36N6O3. The van der Waals surface area contributed by atoms with Crippen molar-refractivity contribution in [1.29, 1.82) is 5.41 Å². The summed E-state index contributed by atoms with van der Waals surface area (Å²) in [6.45, 7) is 8.73. The fourth-order valence-electron chi connectivity index (χ4n) is 3.78. The fraction of sp³-hybridized carbons (Fsp3) is 0.370. The van der Waals surface area contributed by atoms with Crippen LogP contribution in [0.5, 0.6) is 11.6 Å². The summed E-state index contributed by atoms with van der Waals surface area (Å²) in [6.07, 6.45) is 0.572. The van der Waals surface area contributed by atoms with E-state index in [0.717, 1.165) is 28.1 Å². The molecule has 6 N–H and O–H groups in total. The minimum atomic E-state index is -0.729. The van der Waals surface area contributed by atoms with Crippen LogP contribution >= 0.6 is 0 Å². The molecule has 0 aliphatic heterocycles. The normalized spacial score (nSPS) is 11.8. The van der Waals surface area contributed by atoms with Crippen LogP contribution in [0.4, 0.5) is 11.5 Å². The number of rotatable bonds is 12. The van der Waals surface area contributed by atoms with E-state index in [1.807, 2.05) is 64.1 Å². The second-order valence-electron chi connectivity index (χ2n) is 8.91. The molecule has 0 amide bonds. The van der Waals surface area contributed by atoms with Gasteiger partial charge in [-0.3, -0.25) is 0 Å². The summed E-state index contributed by atoms with van der Waals surface area (Å²) in [6, 6.07) is 11.6. The molecule has 3 rings (SSSR count). The zero-order chi connectivity index (χ0) is 26.2. The van der Waals surface area contributed by atoms with Gasteiger partial charge in [0, 0.05) is 47.9 Å². The summed E-state index contributed by atoms with van der Waals surface area (Å²) in [7, 11) is 1.62. The molecule has 1 aromatic carbocycles. The molecule has 36 heavy (non-hydrogen) atoms. The third-order valence-corrected chi connectivity index (χ3v) is 5.56. The average Bonchev–Trinajstić information content (AvgIpc) is 2.85. The van der Waals surface area contributed by atoms with Crippen molar-refractivity contribution in [3.8, 4) is 22.9 Å². The molecular weight excluding hydrogens is 456 g/mol. The smallest absolute Gasteiger partial charge is 0.218 e. The lowest BCUT2D eigenvalue weighted by Gasteiger charge is -2.19. The number of benzene rings is 1. The maximum absolute atomic E-state index is 9.73. The van der Waals surface area contributed by atoms with E-state index < -0.39 is 6.10 Å². The minimum absolute atomic E-state index is 0.110. The summed E-state index contributed by atoms with van der Waals surface area (Å²) in [5.74, 6) is 1.79. The molecule has 1 unspecified atom stereocenters. The number of nitrogens with zero attached hydrogens (tertiary/aromatic N) is 2. The summed E-state index contributed by atoms with van der Waals surface area (Å²) in [4.78, 5) is 9.32. The molecule has 0 radical (unpaired) electrons. The highest BCUT2D eigenvalue weighted by molar-refractivity contribution is 5.93. The van der Waals surface area contributed by atoms with Crippen molar-refractivity contribution in [2.45, 2.75) is 46.4 Å². The van der Waals surface area contributed by atoms with E-state index in [4.69, 9.17) is 25.6 Å². The number of aromatic nitrogens is 2. The Morgan fingerprint density at radius 1 is 1.17 bits per heavy atom. The average molecular weight is 493 g/mol. The predicted octanol–water partition coefficient (Wildman–Crippen LogP) is 3.90. The molecule has 192 valence electrons. The predicted molar refractivity (Wildman–Crippen MR) is 144 cm³/mol. The van der Waals surface area contributed by atoms with E-state index in [-0.39, 0.29) is 19.2 Å². The summed E-state index contributed by atoms with van der Waals surface area (Å²) in [5.41, 5.74) is 11.4. The van der Waals surface area contributed by atoms with Gasteiger partial charge in [0.1, 0.15) is 24.3 Å². The molecule has 0 aliphatic rings. The molecule has 0 saturated heterocycles. The van der Waals surface area contributed by atoms with E-state index >= 15 is 0 Å². The Hall–Kier alpha value is -3.69. The van der Waals surface area contributed by atoms with Gasteiger partial charge < -0.3 is 36.4 Å². The van der Waals surface area contributed by atoms with E-state index in [1.165, 1.54) is 6.21 Å². The third kappa shape index (κ3) is 6.71. The van der Waals surface area contributed by atoms with Crippen molar-refractivity contribution < 1.29 is 14.6 Å². The standard InChI is InChI=1S/C27H36N6O3/c1-16(2)31-26-22(13-29)25(30-14-23-17(3)9-18(4)32-27(23)35-5)11-24(33-26)19-7-6-8-21(10-19)36-15-20(34)12-28/h6-11,13,16,20,29,34H,12,14-15,28H2,1-5H3,(H2,30,31,33). The lowest BCUT2D eigenvalue weighted by molar-refractivity contribution is 0.114. The molecule has 2 heterocycles. The van der Waals surface area contributed by atoms with Gasteiger partial charge in [-0.2, -0.15) is 0 Å². The van der Waals surface area contributed by atoms with Crippen LogP contribution in [0.25, 0.3) is 11.3 Å². The van der Waals surface area contributed by atoms with Crippen molar-refractivity contribution in [3.05, 3.63) is 58.8 Å². The highest BCUT2D eigenvalue weighted by Crippen LogP contribution is 2.31. The number of methoxy groups -OCH3 is 1. The van der Waals surface area contributed by atoms with Gasteiger partial charge in [0.05, 0.1) is 18.4 Å². The number of aliphatic hydroxyl groups excluding tert-OH is 1. The molecule has 3 aromatic rings. The van der Waals surface area contributed by atoms with Crippen LogP contribution < -0.4 is 25.8 Å². The second-order valence-corrected chi connectivity index (χ2v) is 8.91. The number of aryl methyl sites for hydroxylation is 2. The number of aliphatic hydroxyl groups is 1. The fourth-order valence-corrected chi connectivity index (χ4v) is 3.78. The lowest BCUT2D eigenvalue weighted by atomic mass is 10.1. The number of nitrogens with two attached hydrogens (primary N) is 1. The third-order valence-electron chi connectivity index (χ3n) is 5.56. The van der Waals surface area contributed by atoms with E-state index in [2.05, 4.69) is 15.6 Å². The van der Waals surface area contributed by atoms with Crippen LogP contribution in [0.2, 0.25) is 0 Å². The van der Waals surface area contributed by atoms with Gasteiger partial charge in [-0.05, 0) is 57.5 Å². The van der Waals surface area contributed by atoms with Gasteiger partial charge in [-0.1, -0.05) is 12.1 Å². The number of hydrogen-bond acceptors (Lipinski definition) is 9. The molecule has 9 nitrogen and oxygen atoms in total. The maximum atomic E-state index is 9.73. The lowest BCUT2D eigenvalue weighted by Crippen LogP contribution is -2.26. The first-order valence-electron chi connectivity index (χ1n) is 11.9. The maximum Gasteiger partial charge on any atom is 0.218 e. The van der Waals surface area contributed by atoms with Crippen LogP contribution in [0.1, 0.15) is 36.2 Å². The topological polar surface area (TPSA) is 138 Å². The van der Waals surface area contributed by atoms with Crippen molar-refractivity contribution in [2.75, 3.05) is 30.9 Å². The molecule has 2 aromatic heterocycles. The molecule has 0 aliphatic carbocycles. The first-order valence-corrected chi connectivity index (χ1v) is 11.9. The zero-order valence-electron chi connectivity index (χ0n) is 21.6. The molecule has 0 fully saturated rings. The highest BCUT2D eigenvalue weighted by atomic mass is 16.5. The van der Waals surface area contributed by atoms with Crippen molar-refractivity contribution in [1.82, 2.24) is 9.97 Å². The van der Waals surface area contributed by atoms with E-state index in [9.17, 15) is 5.11 Å². The Bertz CT molecular complexity index is 1200. The Morgan fingerprint density at radius 2 is 1.94 bits per heavy atom. The number of pyridine rings is 2. The Balaban J connectivity index is 2.00.